The predicted octanol–water partition coefficient (Wildman–Crippen LogP) is 3.23. The molecule has 92 valence electrons. The van der Waals surface area contributed by atoms with Crippen LogP contribution in [0.1, 0.15) is 31.2 Å². The maximum Gasteiger partial charge on any atom is 0.133 e. The molecule has 0 radical (unpaired) electrons. The molecule has 0 amide bonds. The van der Waals surface area contributed by atoms with Gasteiger partial charge in [0, 0.05) is 12.0 Å². The molecule has 0 bridgehead atoms. The molecule has 2 aliphatic carbocycles. The van der Waals surface area contributed by atoms with E-state index in [1.807, 2.05) is 0 Å². The SMILES string of the molecule is NCC1(c2ccc(OCC3CC3)c(Br)c2)CC1. The molecule has 0 atom stereocenters. The monoisotopic (exact) mass is 295 g/mol. The third-order valence-corrected chi connectivity index (χ3v) is 4.58. The van der Waals surface area contributed by atoms with Crippen LogP contribution in [-0.4, -0.2) is 13.2 Å². The maximum atomic E-state index is 5.85. The van der Waals surface area contributed by atoms with Crippen LogP contribution < -0.4 is 10.5 Å². The molecule has 0 spiro atoms. The van der Waals surface area contributed by atoms with Crippen LogP contribution in [0, 0.1) is 5.92 Å². The molecule has 2 saturated carbocycles. The van der Waals surface area contributed by atoms with Crippen molar-refractivity contribution < 1.29 is 4.74 Å². The van der Waals surface area contributed by atoms with Crippen molar-refractivity contribution in [1.82, 2.24) is 0 Å². The molecule has 1 aromatic rings. The largest absolute Gasteiger partial charge is 0.492 e. The second-order valence-corrected chi connectivity index (χ2v) is 6.24. The number of nitrogens with two attached hydrogens (primary N) is 1. The highest BCUT2D eigenvalue weighted by Crippen LogP contribution is 2.48. The first-order valence-electron chi connectivity index (χ1n) is 6.36. The third kappa shape index (κ3) is 2.36. The zero-order valence-corrected chi connectivity index (χ0v) is 11.5. The Bertz CT molecular complexity index is 424. The Balaban J connectivity index is 1.73. The summed E-state index contributed by atoms with van der Waals surface area (Å²) in [6, 6.07) is 6.44. The first kappa shape index (κ1) is 11.5. The molecular formula is C14H18BrNO. The van der Waals surface area contributed by atoms with Gasteiger partial charge < -0.3 is 10.5 Å². The average molecular weight is 296 g/mol. The van der Waals surface area contributed by atoms with Crippen LogP contribution in [-0.2, 0) is 5.41 Å². The Hall–Kier alpha value is -0.540. The molecule has 17 heavy (non-hydrogen) atoms. The average Bonchev–Trinajstić information content (AvgIpc) is 3.22. The first-order chi connectivity index (χ1) is 8.23. The van der Waals surface area contributed by atoms with Crippen LogP contribution in [0.3, 0.4) is 0 Å². The fourth-order valence-corrected chi connectivity index (χ4v) is 2.69. The number of halogens is 1. The summed E-state index contributed by atoms with van der Waals surface area (Å²) < 4.78 is 6.87. The number of rotatable bonds is 5. The molecule has 2 N–H and O–H groups in total. The second-order valence-electron chi connectivity index (χ2n) is 5.38. The molecule has 0 saturated heterocycles. The summed E-state index contributed by atoms with van der Waals surface area (Å²) >= 11 is 3.60. The van der Waals surface area contributed by atoms with E-state index >= 15 is 0 Å². The van der Waals surface area contributed by atoms with Crippen LogP contribution >= 0.6 is 15.9 Å². The molecular weight excluding hydrogens is 278 g/mol. The van der Waals surface area contributed by atoms with E-state index in [0.717, 1.165) is 29.3 Å². The van der Waals surface area contributed by atoms with Crippen LogP contribution in [0.2, 0.25) is 0 Å². The van der Waals surface area contributed by atoms with E-state index in [1.165, 1.54) is 31.2 Å². The normalized spacial score (nSPS) is 21.3. The summed E-state index contributed by atoms with van der Waals surface area (Å²) in [6.07, 6.45) is 5.09. The van der Waals surface area contributed by atoms with Crippen molar-refractivity contribution in [3.63, 3.8) is 0 Å². The van der Waals surface area contributed by atoms with Gasteiger partial charge in [0.15, 0.2) is 0 Å². The van der Waals surface area contributed by atoms with Gasteiger partial charge in [-0.2, -0.15) is 0 Å². The number of benzene rings is 1. The Morgan fingerprint density at radius 3 is 2.65 bits per heavy atom. The van der Waals surface area contributed by atoms with Gasteiger partial charge in [0.2, 0.25) is 0 Å². The van der Waals surface area contributed by atoms with Gasteiger partial charge in [-0.1, -0.05) is 6.07 Å². The van der Waals surface area contributed by atoms with Gasteiger partial charge in [-0.25, -0.2) is 0 Å². The molecule has 2 nitrogen and oxygen atoms in total. The lowest BCUT2D eigenvalue weighted by molar-refractivity contribution is 0.298. The number of ether oxygens (including phenoxy) is 1. The molecule has 3 rings (SSSR count). The van der Waals surface area contributed by atoms with Crippen molar-refractivity contribution in [2.75, 3.05) is 13.2 Å². The first-order valence-corrected chi connectivity index (χ1v) is 7.16. The van der Waals surface area contributed by atoms with Gasteiger partial charge in [0.05, 0.1) is 11.1 Å². The molecule has 3 heteroatoms. The summed E-state index contributed by atoms with van der Waals surface area (Å²) in [4.78, 5) is 0. The molecule has 0 aliphatic heterocycles. The zero-order chi connectivity index (χ0) is 11.9. The van der Waals surface area contributed by atoms with Gasteiger partial charge in [0.1, 0.15) is 5.75 Å². The van der Waals surface area contributed by atoms with E-state index in [2.05, 4.69) is 34.1 Å². The minimum Gasteiger partial charge on any atom is -0.492 e. The van der Waals surface area contributed by atoms with Crippen molar-refractivity contribution >= 4 is 15.9 Å². The lowest BCUT2D eigenvalue weighted by atomic mass is 9.96. The van der Waals surface area contributed by atoms with Crippen molar-refractivity contribution in [3.8, 4) is 5.75 Å². The summed E-state index contributed by atoms with van der Waals surface area (Å²) in [5, 5.41) is 0. The molecule has 1 aromatic carbocycles. The van der Waals surface area contributed by atoms with Crippen molar-refractivity contribution in [1.29, 1.82) is 0 Å². The molecule has 2 aliphatic rings. The van der Waals surface area contributed by atoms with Crippen molar-refractivity contribution in [2.45, 2.75) is 31.1 Å². The third-order valence-electron chi connectivity index (χ3n) is 3.96. The topological polar surface area (TPSA) is 35.2 Å². The molecule has 0 aromatic heterocycles. The molecule has 0 heterocycles. The van der Waals surface area contributed by atoms with Crippen LogP contribution in [0.25, 0.3) is 0 Å². The Labute approximate surface area is 111 Å². The highest BCUT2D eigenvalue weighted by Gasteiger charge is 2.43. The van der Waals surface area contributed by atoms with E-state index in [1.54, 1.807) is 0 Å². The minimum absolute atomic E-state index is 0.261. The summed E-state index contributed by atoms with van der Waals surface area (Å²) in [5.41, 5.74) is 7.46. The quantitative estimate of drug-likeness (QED) is 0.905. The van der Waals surface area contributed by atoms with Gasteiger partial charge in [-0.3, -0.25) is 0 Å². The van der Waals surface area contributed by atoms with E-state index in [9.17, 15) is 0 Å². The van der Waals surface area contributed by atoms with Crippen molar-refractivity contribution in [3.05, 3.63) is 28.2 Å². The Kier molecular flexibility index (Phi) is 2.91. The summed E-state index contributed by atoms with van der Waals surface area (Å²) in [5.74, 6) is 1.76. The van der Waals surface area contributed by atoms with Gasteiger partial charge >= 0.3 is 0 Å². The van der Waals surface area contributed by atoms with Gasteiger partial charge in [-0.05, 0) is 65.2 Å². The van der Waals surface area contributed by atoms with Crippen molar-refractivity contribution in [2.24, 2.45) is 11.7 Å². The summed E-state index contributed by atoms with van der Waals surface area (Å²) in [6.45, 7) is 1.61. The summed E-state index contributed by atoms with van der Waals surface area (Å²) in [7, 11) is 0. The molecule has 0 unspecified atom stereocenters. The van der Waals surface area contributed by atoms with E-state index in [-0.39, 0.29) is 5.41 Å². The van der Waals surface area contributed by atoms with E-state index in [0.29, 0.717) is 0 Å². The highest BCUT2D eigenvalue weighted by atomic mass is 79.9. The van der Waals surface area contributed by atoms with Gasteiger partial charge in [0.25, 0.3) is 0 Å². The number of hydrogen-bond donors (Lipinski definition) is 1. The Morgan fingerprint density at radius 2 is 2.12 bits per heavy atom. The lowest BCUT2D eigenvalue weighted by Gasteiger charge is -2.15. The fraction of sp³-hybridized carbons (Fsp3) is 0.571. The van der Waals surface area contributed by atoms with Crippen LogP contribution in [0.5, 0.6) is 5.75 Å². The van der Waals surface area contributed by atoms with E-state index < -0.39 is 0 Å². The second kappa shape index (κ2) is 4.29. The van der Waals surface area contributed by atoms with Gasteiger partial charge in [-0.15, -0.1) is 0 Å². The van der Waals surface area contributed by atoms with Crippen LogP contribution in [0.15, 0.2) is 22.7 Å². The standard InChI is InChI=1S/C14H18BrNO/c15-12-7-11(14(9-16)5-6-14)3-4-13(12)17-8-10-1-2-10/h3-4,7,10H,1-2,5-6,8-9,16H2. The smallest absolute Gasteiger partial charge is 0.133 e. The van der Waals surface area contributed by atoms with E-state index in [4.69, 9.17) is 10.5 Å². The highest BCUT2D eigenvalue weighted by molar-refractivity contribution is 9.10. The lowest BCUT2D eigenvalue weighted by Crippen LogP contribution is -2.19. The zero-order valence-electron chi connectivity index (χ0n) is 9.92. The molecule has 2 fully saturated rings. The fourth-order valence-electron chi connectivity index (χ4n) is 2.20. The predicted molar refractivity (Wildman–Crippen MR) is 72.3 cm³/mol. The number of hydrogen-bond acceptors (Lipinski definition) is 2. The maximum absolute atomic E-state index is 5.85. The van der Waals surface area contributed by atoms with Crippen LogP contribution in [0.4, 0.5) is 0 Å². The Morgan fingerprint density at radius 1 is 1.35 bits per heavy atom. The minimum atomic E-state index is 0.261.